The van der Waals surface area contributed by atoms with Crippen molar-refractivity contribution in [2.75, 3.05) is 5.32 Å². The first-order valence-electron chi connectivity index (χ1n) is 6.56. The predicted octanol–water partition coefficient (Wildman–Crippen LogP) is -2.01. The van der Waals surface area contributed by atoms with Gasteiger partial charge in [0.05, 0.1) is 16.0 Å². The second-order valence-electron chi connectivity index (χ2n) is 4.71. The van der Waals surface area contributed by atoms with Gasteiger partial charge in [-0.05, 0) is 6.07 Å². The Morgan fingerprint density at radius 1 is 1.32 bits per heavy atom. The van der Waals surface area contributed by atoms with Crippen molar-refractivity contribution in [2.24, 2.45) is 0 Å². The Kier molecular flexibility index (Phi) is 5.83. The normalized spacial score (nSPS) is 9.88. The Bertz CT molecular complexity index is 1120. The molecular formula is C14H9KN6O4. The van der Waals surface area contributed by atoms with Crippen molar-refractivity contribution in [3.63, 3.8) is 0 Å². The van der Waals surface area contributed by atoms with Gasteiger partial charge in [-0.25, -0.2) is 4.98 Å². The molecule has 10 nitrogen and oxygen atoms in total. The summed E-state index contributed by atoms with van der Waals surface area (Å²) in [5.74, 6) is -0.254. The van der Waals surface area contributed by atoms with Gasteiger partial charge in [0, 0.05) is 30.6 Å². The molecule has 0 spiro atoms. The Morgan fingerprint density at radius 3 is 2.60 bits per heavy atom. The zero-order valence-electron chi connectivity index (χ0n) is 13.9. The van der Waals surface area contributed by atoms with Crippen LogP contribution in [-0.2, 0) is 0 Å². The smallest absolute Gasteiger partial charge is 1.00 e. The van der Waals surface area contributed by atoms with E-state index in [2.05, 4.69) is 15.3 Å². The number of hydrogen-bond acceptors (Lipinski definition) is 7. The van der Waals surface area contributed by atoms with Crippen molar-refractivity contribution in [1.29, 1.82) is 5.26 Å². The molecule has 0 fully saturated rings. The summed E-state index contributed by atoms with van der Waals surface area (Å²) in [6.45, 7) is 0. The van der Waals surface area contributed by atoms with Crippen LogP contribution in [0.1, 0.15) is 1.43 Å². The summed E-state index contributed by atoms with van der Waals surface area (Å²) in [6.07, 6.45) is 4.33. The van der Waals surface area contributed by atoms with Gasteiger partial charge in [-0.1, -0.05) is 0 Å². The fraction of sp³-hybridized carbons (Fsp3) is 0. The maximum atomic E-state index is 11.8. The van der Waals surface area contributed by atoms with Crippen LogP contribution in [-0.4, -0.2) is 19.5 Å². The van der Waals surface area contributed by atoms with Crippen LogP contribution < -0.4 is 67.7 Å². The SMILES string of the molecule is N#CNc1nc2cc([N+](=O)[O-])c(-n3ccc(=O)cc3)cc2[nH]c1=O.[H-].[K+]. The number of hydrogen-bond donors (Lipinski definition) is 2. The number of nitriles is 1. The minimum Gasteiger partial charge on any atom is -1.00 e. The maximum absolute atomic E-state index is 11.8. The Hall–Kier alpha value is -2.36. The van der Waals surface area contributed by atoms with E-state index in [1.54, 1.807) is 6.19 Å². The van der Waals surface area contributed by atoms with Gasteiger partial charge >= 0.3 is 51.4 Å². The maximum Gasteiger partial charge on any atom is 1.00 e. The third-order valence-electron chi connectivity index (χ3n) is 3.24. The van der Waals surface area contributed by atoms with Gasteiger partial charge in [0.25, 0.3) is 11.2 Å². The number of aromatic amines is 1. The van der Waals surface area contributed by atoms with Crippen molar-refractivity contribution < 1.29 is 57.7 Å². The molecule has 2 N–H and O–H groups in total. The molecule has 0 radical (unpaired) electrons. The standard InChI is InChI=1S/C14H8N6O4.K.H/c15-7-16-13-14(22)18-10-5-11(19-3-1-8(21)2-4-19)12(20(23)24)6-9(10)17-13;;/h1-6H,(H,16,17)(H,18,22);;/q;+1;-1. The van der Waals surface area contributed by atoms with E-state index in [-0.39, 0.29) is 86.5 Å². The van der Waals surface area contributed by atoms with E-state index in [1.165, 1.54) is 41.2 Å². The van der Waals surface area contributed by atoms with Crippen molar-refractivity contribution in [2.45, 2.75) is 0 Å². The van der Waals surface area contributed by atoms with Crippen LogP contribution in [0.15, 0.2) is 46.2 Å². The van der Waals surface area contributed by atoms with Gasteiger partial charge in [-0.3, -0.25) is 25.0 Å². The number of H-pyrrole nitrogens is 1. The number of rotatable bonds is 3. The zero-order chi connectivity index (χ0) is 17.3. The second kappa shape index (κ2) is 7.68. The average Bonchev–Trinajstić information content (AvgIpc) is 2.55. The number of fused-ring (bicyclic) bond motifs is 1. The molecule has 1 aromatic carbocycles. The first-order valence-corrected chi connectivity index (χ1v) is 6.56. The van der Waals surface area contributed by atoms with Gasteiger partial charge in [-0.15, -0.1) is 0 Å². The number of nitro benzene ring substituents is 1. The first kappa shape index (κ1) is 19.0. The Balaban J connectivity index is 0.00000169. The molecular weight excluding hydrogens is 355 g/mol. The summed E-state index contributed by atoms with van der Waals surface area (Å²) >= 11 is 0. The summed E-state index contributed by atoms with van der Waals surface area (Å²) in [5.41, 5.74) is -0.591. The molecule has 0 saturated carbocycles. The van der Waals surface area contributed by atoms with Gasteiger partial charge in [0.2, 0.25) is 5.82 Å². The predicted molar refractivity (Wildman–Crippen MR) is 85.0 cm³/mol. The Morgan fingerprint density at radius 2 is 2.00 bits per heavy atom. The van der Waals surface area contributed by atoms with Crippen molar-refractivity contribution in [1.82, 2.24) is 14.5 Å². The molecule has 0 atom stereocenters. The fourth-order valence-corrected chi connectivity index (χ4v) is 2.18. The van der Waals surface area contributed by atoms with Crippen LogP contribution in [0.25, 0.3) is 16.7 Å². The minimum absolute atomic E-state index is 0. The molecule has 2 heterocycles. The van der Waals surface area contributed by atoms with Crippen molar-refractivity contribution in [3.05, 3.63) is 67.4 Å². The molecule has 0 bridgehead atoms. The molecule has 0 unspecified atom stereocenters. The number of aromatic nitrogens is 3. The third kappa shape index (κ3) is 3.84. The largest absolute Gasteiger partial charge is 1.00 e. The monoisotopic (exact) mass is 364 g/mol. The van der Waals surface area contributed by atoms with Crippen LogP contribution >= 0.6 is 0 Å². The minimum atomic E-state index is -0.635. The number of anilines is 1. The fourth-order valence-electron chi connectivity index (χ4n) is 2.18. The topological polar surface area (TPSA) is 147 Å². The van der Waals surface area contributed by atoms with Crippen LogP contribution in [0.3, 0.4) is 0 Å². The molecule has 120 valence electrons. The van der Waals surface area contributed by atoms with E-state index in [0.717, 1.165) is 0 Å². The first-order chi connectivity index (χ1) is 11.5. The molecule has 0 amide bonds. The van der Waals surface area contributed by atoms with Crippen molar-refractivity contribution in [3.8, 4) is 11.9 Å². The van der Waals surface area contributed by atoms with Crippen LogP contribution in [0, 0.1) is 21.6 Å². The molecule has 0 aliphatic carbocycles. The van der Waals surface area contributed by atoms with E-state index in [1.807, 2.05) is 0 Å². The molecule has 3 rings (SSSR count). The molecule has 11 heteroatoms. The van der Waals surface area contributed by atoms with E-state index in [9.17, 15) is 19.7 Å². The molecule has 0 saturated heterocycles. The third-order valence-corrected chi connectivity index (χ3v) is 3.24. The summed E-state index contributed by atoms with van der Waals surface area (Å²) in [6, 6.07) is 5.08. The molecule has 25 heavy (non-hydrogen) atoms. The van der Waals surface area contributed by atoms with E-state index in [4.69, 9.17) is 5.26 Å². The summed E-state index contributed by atoms with van der Waals surface area (Å²) in [4.78, 5) is 40.2. The molecule has 0 aliphatic rings. The summed E-state index contributed by atoms with van der Waals surface area (Å²) in [7, 11) is 0. The van der Waals surface area contributed by atoms with Crippen LogP contribution in [0.5, 0.6) is 0 Å². The van der Waals surface area contributed by atoms with E-state index < -0.39 is 10.5 Å². The van der Waals surface area contributed by atoms with Gasteiger partial charge in [0.1, 0.15) is 5.69 Å². The average molecular weight is 364 g/mol. The second-order valence-corrected chi connectivity index (χ2v) is 4.71. The summed E-state index contributed by atoms with van der Waals surface area (Å²) in [5, 5.41) is 22.0. The molecule has 2 aromatic heterocycles. The van der Waals surface area contributed by atoms with E-state index >= 15 is 0 Å². The zero-order valence-corrected chi connectivity index (χ0v) is 16.0. The summed E-state index contributed by atoms with van der Waals surface area (Å²) < 4.78 is 1.39. The van der Waals surface area contributed by atoms with Crippen molar-refractivity contribution >= 4 is 22.5 Å². The van der Waals surface area contributed by atoms with Gasteiger partial charge < -0.3 is 11.0 Å². The van der Waals surface area contributed by atoms with Crippen LogP contribution in [0.2, 0.25) is 0 Å². The van der Waals surface area contributed by atoms with Crippen LogP contribution in [0.4, 0.5) is 11.5 Å². The number of pyridine rings is 1. The molecule has 3 aromatic rings. The number of nitro groups is 1. The van der Waals surface area contributed by atoms with Gasteiger partial charge in [-0.2, -0.15) is 5.26 Å². The number of nitrogens with one attached hydrogen (secondary N) is 2. The molecule has 0 aliphatic heterocycles. The Labute approximate surface area is 183 Å². The number of benzene rings is 1. The number of nitrogens with zero attached hydrogens (tertiary/aromatic N) is 4. The van der Waals surface area contributed by atoms with E-state index in [0.29, 0.717) is 0 Å². The quantitative estimate of drug-likeness (QED) is 0.179. The van der Waals surface area contributed by atoms with Gasteiger partial charge in [0.15, 0.2) is 11.6 Å².